The first-order valence-corrected chi connectivity index (χ1v) is 5.87. The number of hydrogen-bond donors (Lipinski definition) is 2. The van der Waals surface area contributed by atoms with Crippen molar-refractivity contribution >= 4 is 5.91 Å². The van der Waals surface area contributed by atoms with Gasteiger partial charge in [0, 0.05) is 26.6 Å². The van der Waals surface area contributed by atoms with Crippen molar-refractivity contribution in [3.05, 3.63) is 24.0 Å². The summed E-state index contributed by atoms with van der Waals surface area (Å²) in [6.45, 7) is 0.948. The van der Waals surface area contributed by atoms with Crippen LogP contribution in [0.4, 0.5) is 0 Å². The highest BCUT2D eigenvalue weighted by molar-refractivity contribution is 5.75. The Balaban J connectivity index is 1.74. The van der Waals surface area contributed by atoms with Gasteiger partial charge in [-0.25, -0.2) is 4.68 Å². The van der Waals surface area contributed by atoms with Crippen LogP contribution in [-0.2, 0) is 31.4 Å². The molecule has 0 saturated carbocycles. The molecule has 0 saturated heterocycles. The van der Waals surface area contributed by atoms with Crippen LogP contribution in [0.15, 0.2) is 12.5 Å². The Morgan fingerprint density at radius 1 is 1.47 bits per heavy atom. The fourth-order valence-electron chi connectivity index (χ4n) is 1.56. The van der Waals surface area contributed by atoms with Crippen molar-refractivity contribution in [1.29, 1.82) is 0 Å². The molecule has 0 spiro atoms. The largest absolute Gasteiger partial charge is 0.354 e. The molecule has 0 aliphatic rings. The number of aryl methyl sites for hydroxylation is 1. The topological polar surface area (TPSA) is 117 Å². The van der Waals surface area contributed by atoms with Gasteiger partial charge in [-0.15, -0.1) is 15.3 Å². The van der Waals surface area contributed by atoms with Gasteiger partial charge in [-0.05, 0) is 0 Å². The average Bonchev–Trinajstić information content (AvgIpc) is 2.99. The molecule has 2 heterocycles. The molecule has 0 bridgehead atoms. The normalized spacial score (nSPS) is 10.6. The molecule has 3 N–H and O–H groups in total. The Bertz CT molecular complexity index is 545. The lowest BCUT2D eigenvalue weighted by molar-refractivity contribution is -0.121. The first kappa shape index (κ1) is 13.1. The number of carbonyl (C=O) groups is 1. The van der Waals surface area contributed by atoms with E-state index in [0.29, 0.717) is 25.2 Å². The third kappa shape index (κ3) is 3.58. The lowest BCUT2D eigenvalue weighted by Crippen LogP contribution is -2.30. The van der Waals surface area contributed by atoms with Crippen LogP contribution in [0.2, 0.25) is 0 Å². The first-order valence-electron chi connectivity index (χ1n) is 5.87. The number of nitrogens with zero attached hydrogens (tertiary/aromatic N) is 6. The van der Waals surface area contributed by atoms with Crippen molar-refractivity contribution in [3.63, 3.8) is 0 Å². The summed E-state index contributed by atoms with van der Waals surface area (Å²) in [5, 5.41) is 18.1. The Hall–Kier alpha value is -2.29. The van der Waals surface area contributed by atoms with Crippen LogP contribution in [0, 0.1) is 0 Å². The highest BCUT2D eigenvalue weighted by Gasteiger charge is 2.06. The highest BCUT2D eigenvalue weighted by atomic mass is 16.2. The SMILES string of the molecule is Cn1cnnc1CCNC(=O)Cn1cc(CN)nn1. The van der Waals surface area contributed by atoms with E-state index in [9.17, 15) is 4.79 Å². The zero-order valence-electron chi connectivity index (χ0n) is 10.7. The summed E-state index contributed by atoms with van der Waals surface area (Å²) in [6.07, 6.45) is 3.91. The van der Waals surface area contributed by atoms with Crippen molar-refractivity contribution in [2.45, 2.75) is 19.5 Å². The van der Waals surface area contributed by atoms with E-state index < -0.39 is 0 Å². The van der Waals surface area contributed by atoms with E-state index >= 15 is 0 Å². The van der Waals surface area contributed by atoms with Gasteiger partial charge < -0.3 is 15.6 Å². The van der Waals surface area contributed by atoms with E-state index in [1.165, 1.54) is 4.68 Å². The van der Waals surface area contributed by atoms with Crippen molar-refractivity contribution in [1.82, 2.24) is 35.1 Å². The van der Waals surface area contributed by atoms with E-state index in [1.54, 1.807) is 12.5 Å². The summed E-state index contributed by atoms with van der Waals surface area (Å²) in [5.74, 6) is 0.696. The minimum atomic E-state index is -0.129. The molecule has 0 aliphatic heterocycles. The predicted molar refractivity (Wildman–Crippen MR) is 65.6 cm³/mol. The van der Waals surface area contributed by atoms with Gasteiger partial charge in [-0.3, -0.25) is 4.79 Å². The number of nitrogens with one attached hydrogen (secondary N) is 1. The van der Waals surface area contributed by atoms with E-state index in [2.05, 4.69) is 25.8 Å². The summed E-state index contributed by atoms with van der Waals surface area (Å²) in [5.41, 5.74) is 6.07. The maximum absolute atomic E-state index is 11.6. The molecule has 2 aromatic rings. The molecule has 9 nitrogen and oxygen atoms in total. The number of rotatable bonds is 6. The number of hydrogen-bond acceptors (Lipinski definition) is 6. The Kier molecular flexibility index (Phi) is 4.18. The minimum absolute atomic E-state index is 0.129. The summed E-state index contributed by atoms with van der Waals surface area (Å²) in [7, 11) is 1.86. The monoisotopic (exact) mass is 264 g/mol. The molecule has 102 valence electrons. The third-order valence-electron chi connectivity index (χ3n) is 2.58. The Morgan fingerprint density at radius 3 is 2.95 bits per heavy atom. The smallest absolute Gasteiger partial charge is 0.241 e. The van der Waals surface area contributed by atoms with Gasteiger partial charge in [0.15, 0.2) is 0 Å². The minimum Gasteiger partial charge on any atom is -0.354 e. The molecule has 0 radical (unpaired) electrons. The average molecular weight is 264 g/mol. The molecule has 1 amide bonds. The Labute approximate surface area is 109 Å². The van der Waals surface area contributed by atoms with Gasteiger partial charge in [-0.2, -0.15) is 0 Å². The van der Waals surface area contributed by atoms with E-state index in [0.717, 1.165) is 5.82 Å². The molecule has 2 aromatic heterocycles. The van der Waals surface area contributed by atoms with Gasteiger partial charge in [0.1, 0.15) is 18.7 Å². The van der Waals surface area contributed by atoms with Gasteiger partial charge in [0.25, 0.3) is 0 Å². The van der Waals surface area contributed by atoms with Crippen LogP contribution in [0.3, 0.4) is 0 Å². The summed E-state index contributed by atoms with van der Waals surface area (Å²) in [6, 6.07) is 0. The van der Waals surface area contributed by atoms with Gasteiger partial charge in [-0.1, -0.05) is 5.21 Å². The second-order valence-corrected chi connectivity index (χ2v) is 4.07. The fraction of sp³-hybridized carbons (Fsp3) is 0.500. The van der Waals surface area contributed by atoms with Crippen LogP contribution < -0.4 is 11.1 Å². The molecule has 2 rings (SSSR count). The first-order chi connectivity index (χ1) is 9.19. The number of nitrogens with two attached hydrogens (primary N) is 1. The van der Waals surface area contributed by atoms with E-state index in [4.69, 9.17) is 5.73 Å². The highest BCUT2D eigenvalue weighted by Crippen LogP contribution is 1.93. The molecule has 19 heavy (non-hydrogen) atoms. The van der Waals surface area contributed by atoms with E-state index in [1.807, 2.05) is 11.6 Å². The quantitative estimate of drug-likeness (QED) is 0.637. The van der Waals surface area contributed by atoms with Gasteiger partial charge in [0.05, 0.1) is 11.9 Å². The van der Waals surface area contributed by atoms with Crippen molar-refractivity contribution < 1.29 is 4.79 Å². The molecular formula is C10H16N8O. The van der Waals surface area contributed by atoms with Gasteiger partial charge >= 0.3 is 0 Å². The molecule has 0 aliphatic carbocycles. The fourth-order valence-corrected chi connectivity index (χ4v) is 1.56. The van der Waals surface area contributed by atoms with E-state index in [-0.39, 0.29) is 12.5 Å². The summed E-state index contributed by atoms with van der Waals surface area (Å²) in [4.78, 5) is 11.6. The molecule has 0 unspecified atom stereocenters. The summed E-state index contributed by atoms with van der Waals surface area (Å²) >= 11 is 0. The number of amides is 1. The van der Waals surface area contributed by atoms with Crippen LogP contribution in [0.25, 0.3) is 0 Å². The maximum atomic E-state index is 11.6. The lowest BCUT2D eigenvalue weighted by atomic mass is 10.4. The van der Waals surface area contributed by atoms with Crippen molar-refractivity contribution in [3.8, 4) is 0 Å². The zero-order valence-corrected chi connectivity index (χ0v) is 10.7. The van der Waals surface area contributed by atoms with Crippen LogP contribution in [0.5, 0.6) is 0 Å². The maximum Gasteiger partial charge on any atom is 0.241 e. The number of carbonyl (C=O) groups excluding carboxylic acids is 1. The Morgan fingerprint density at radius 2 is 2.32 bits per heavy atom. The third-order valence-corrected chi connectivity index (χ3v) is 2.58. The molecule has 0 aromatic carbocycles. The van der Waals surface area contributed by atoms with Crippen LogP contribution >= 0.6 is 0 Å². The van der Waals surface area contributed by atoms with Crippen LogP contribution in [0.1, 0.15) is 11.5 Å². The second-order valence-electron chi connectivity index (χ2n) is 4.07. The molecular weight excluding hydrogens is 248 g/mol. The molecule has 0 fully saturated rings. The standard InChI is InChI=1S/C10H16N8O/c1-17-7-13-15-9(17)2-3-12-10(19)6-18-5-8(4-11)14-16-18/h5,7H,2-4,6,11H2,1H3,(H,12,19). The van der Waals surface area contributed by atoms with Gasteiger partial charge in [0.2, 0.25) is 5.91 Å². The molecule has 0 atom stereocenters. The van der Waals surface area contributed by atoms with Crippen molar-refractivity contribution in [2.24, 2.45) is 12.8 Å². The lowest BCUT2D eigenvalue weighted by Gasteiger charge is -2.04. The van der Waals surface area contributed by atoms with Crippen molar-refractivity contribution in [2.75, 3.05) is 6.54 Å². The summed E-state index contributed by atoms with van der Waals surface area (Å²) < 4.78 is 3.27. The zero-order chi connectivity index (χ0) is 13.7. The predicted octanol–water partition coefficient (Wildman–Crippen LogP) is -1.78. The van der Waals surface area contributed by atoms with Crippen LogP contribution in [-0.4, -0.2) is 42.2 Å². The second kappa shape index (κ2) is 6.05. The molecule has 9 heteroatoms. The number of aromatic nitrogens is 6.